The standard InChI is InChI=1S/C50H63N6O13PS/c1-9-31-25-50(31,46(60)61)55-43(57)40-23-35(26-56(40)44(58)42(49(6,7)8)54-48(62)67-32-16-14-15-17-32)66-41-24-38(39-27-71-47(53-39)51-29(3)4)52-37-22-34(20-21-36(37)41)65-28-70(63,68-30(5)45(59)64-10-2)69-33-18-12-11-13-19-33/h9,11-13,18-22,24,27,29-32,35,40,42H,1,10,14-17,23,25-26,28H2,2-8H3,(H,51,53)(H,54,62)(H,55,57)(H,60,61)/t30?,31-,35-,40+,42?,50-,70?/m1/s1. The van der Waals surface area contributed by atoms with Crippen LogP contribution in [0.4, 0.5) is 9.93 Å². The number of amides is 3. The molecule has 2 aliphatic carbocycles. The number of nitrogens with one attached hydrogen (secondary N) is 3. The fraction of sp³-hybridized carbons (Fsp3) is 0.500. The molecule has 2 saturated carbocycles. The van der Waals surface area contributed by atoms with Crippen molar-refractivity contribution in [1.82, 2.24) is 25.5 Å². The summed E-state index contributed by atoms with van der Waals surface area (Å²) < 4.78 is 49.5. The molecule has 21 heteroatoms. The van der Waals surface area contributed by atoms with Crippen molar-refractivity contribution in [3.63, 3.8) is 0 Å². The van der Waals surface area contributed by atoms with Crippen LogP contribution in [0.2, 0.25) is 0 Å². The van der Waals surface area contributed by atoms with Crippen LogP contribution in [-0.2, 0) is 37.7 Å². The lowest BCUT2D eigenvalue weighted by molar-refractivity contribution is -0.150. The van der Waals surface area contributed by atoms with Crippen molar-refractivity contribution in [2.24, 2.45) is 11.3 Å². The third kappa shape index (κ3) is 12.8. The van der Waals surface area contributed by atoms with E-state index in [1.807, 2.05) is 19.2 Å². The number of aromatic nitrogens is 2. The summed E-state index contributed by atoms with van der Waals surface area (Å²) in [4.78, 5) is 78.6. The van der Waals surface area contributed by atoms with Crippen LogP contribution in [0.3, 0.4) is 0 Å². The van der Waals surface area contributed by atoms with Crippen molar-refractivity contribution < 1.29 is 61.6 Å². The highest BCUT2D eigenvalue weighted by molar-refractivity contribution is 7.54. The molecule has 4 N–H and O–H groups in total. The zero-order chi connectivity index (χ0) is 51.3. The van der Waals surface area contributed by atoms with E-state index in [-0.39, 0.29) is 49.6 Å². The normalized spacial score (nSPS) is 21.6. The van der Waals surface area contributed by atoms with Gasteiger partial charge < -0.3 is 49.4 Å². The number of aliphatic carboxylic acids is 1. The summed E-state index contributed by atoms with van der Waals surface area (Å²) in [6, 6.07) is 12.7. The topological polar surface area (TPSA) is 243 Å². The minimum Gasteiger partial charge on any atom is -0.488 e. The predicted octanol–water partition coefficient (Wildman–Crippen LogP) is 8.33. The van der Waals surface area contributed by atoms with Crippen molar-refractivity contribution in [1.29, 1.82) is 0 Å². The summed E-state index contributed by atoms with van der Waals surface area (Å²) in [7, 11) is -4.19. The Kier molecular flexibility index (Phi) is 16.3. The minimum atomic E-state index is -4.19. The van der Waals surface area contributed by atoms with Crippen LogP contribution >= 0.6 is 18.9 Å². The van der Waals surface area contributed by atoms with Gasteiger partial charge in [0.25, 0.3) is 0 Å². The van der Waals surface area contributed by atoms with Crippen molar-refractivity contribution in [3.8, 4) is 28.6 Å². The van der Waals surface area contributed by atoms with Gasteiger partial charge in [0.1, 0.15) is 52.8 Å². The molecule has 2 aromatic heterocycles. The van der Waals surface area contributed by atoms with Gasteiger partial charge in [0, 0.05) is 41.3 Å². The summed E-state index contributed by atoms with van der Waals surface area (Å²) in [5.41, 5.74) is -1.14. The third-order valence-corrected chi connectivity index (χ3v) is 14.7. The third-order valence-electron chi connectivity index (χ3n) is 12.4. The summed E-state index contributed by atoms with van der Waals surface area (Å²) in [6.07, 6.45) is 1.19. The number of hydrogen-bond donors (Lipinski definition) is 4. The Hall–Kier alpha value is -6.24. The molecule has 3 unspecified atom stereocenters. The van der Waals surface area contributed by atoms with E-state index in [4.69, 9.17) is 38.0 Å². The second-order valence-electron chi connectivity index (χ2n) is 19.4. The number of carbonyl (C=O) groups excluding carboxylic acids is 4. The number of para-hydroxylation sites is 1. The zero-order valence-electron chi connectivity index (χ0n) is 41.0. The fourth-order valence-corrected chi connectivity index (χ4v) is 10.9. The molecule has 3 amide bonds. The number of esters is 1. The molecule has 19 nitrogen and oxygen atoms in total. The monoisotopic (exact) mass is 1020 g/mol. The molecular formula is C50H63N6O13PS. The Morgan fingerprint density at radius 1 is 1.00 bits per heavy atom. The Morgan fingerprint density at radius 2 is 1.73 bits per heavy atom. The molecule has 1 aliphatic heterocycles. The van der Waals surface area contributed by atoms with E-state index in [9.17, 15) is 33.6 Å². The first-order valence-electron chi connectivity index (χ1n) is 23.8. The first-order chi connectivity index (χ1) is 33.7. The molecule has 0 bridgehead atoms. The quantitative estimate of drug-likeness (QED) is 0.0348. The van der Waals surface area contributed by atoms with Crippen LogP contribution in [0.5, 0.6) is 17.2 Å². The van der Waals surface area contributed by atoms with Gasteiger partial charge in [-0.2, -0.15) is 0 Å². The fourth-order valence-electron chi connectivity index (χ4n) is 8.61. The molecule has 7 atom stereocenters. The summed E-state index contributed by atoms with van der Waals surface area (Å²) in [5, 5.41) is 22.0. The number of nitrogens with zero attached hydrogens (tertiary/aromatic N) is 3. The first kappa shape index (κ1) is 52.6. The molecule has 71 heavy (non-hydrogen) atoms. The number of carbonyl (C=O) groups is 5. The van der Waals surface area contributed by atoms with Crippen LogP contribution in [0, 0.1) is 11.3 Å². The van der Waals surface area contributed by atoms with Gasteiger partial charge in [0.2, 0.25) is 18.2 Å². The highest BCUT2D eigenvalue weighted by atomic mass is 32.1. The number of ether oxygens (including phenoxy) is 4. The van der Waals surface area contributed by atoms with Gasteiger partial charge in [0.05, 0.1) is 24.4 Å². The van der Waals surface area contributed by atoms with Gasteiger partial charge >= 0.3 is 25.6 Å². The van der Waals surface area contributed by atoms with Crippen LogP contribution in [-0.4, -0.2) is 111 Å². The molecule has 3 aliphatic rings. The molecule has 4 aromatic rings. The molecular weight excluding hydrogens is 956 g/mol. The van der Waals surface area contributed by atoms with Crippen LogP contribution in [0.15, 0.2) is 72.6 Å². The SMILES string of the molecule is C=C[C@@H]1C[C@]1(NC(=O)[C@@H]1C[C@@H](Oc2cc(-c3csc(NC(C)C)n3)nc3cc(OCP(=O)(Oc4ccccc4)OC(C)C(=O)OCC)ccc23)CN1C(=O)C(NC(=O)OC1CCCC1)C(C)(C)C)C(=O)O. The van der Waals surface area contributed by atoms with Gasteiger partial charge in [-0.05, 0) is 89.5 Å². The van der Waals surface area contributed by atoms with Gasteiger partial charge in [-0.3, -0.25) is 14.1 Å². The number of rotatable bonds is 21. The lowest BCUT2D eigenvalue weighted by Gasteiger charge is -2.35. The lowest BCUT2D eigenvalue weighted by atomic mass is 9.85. The van der Waals surface area contributed by atoms with E-state index < -0.39 is 85.0 Å². The molecule has 3 heterocycles. The van der Waals surface area contributed by atoms with Crippen LogP contribution < -0.4 is 29.9 Å². The van der Waals surface area contributed by atoms with Crippen LogP contribution in [0.25, 0.3) is 22.3 Å². The van der Waals surface area contributed by atoms with Crippen molar-refractivity contribution in [3.05, 3.63) is 72.6 Å². The average molecular weight is 1020 g/mol. The highest BCUT2D eigenvalue weighted by Gasteiger charge is 2.61. The van der Waals surface area contributed by atoms with Crippen molar-refractivity contribution in [2.75, 3.05) is 24.8 Å². The smallest absolute Gasteiger partial charge is 0.417 e. The van der Waals surface area contributed by atoms with E-state index in [2.05, 4.69) is 22.5 Å². The number of alkyl carbamates (subject to hydrolysis) is 1. The number of anilines is 1. The van der Waals surface area contributed by atoms with Crippen LogP contribution in [0.1, 0.15) is 87.0 Å². The van der Waals surface area contributed by atoms with E-state index in [0.29, 0.717) is 33.2 Å². The van der Waals surface area contributed by atoms with Gasteiger partial charge in [-0.25, -0.2) is 28.9 Å². The van der Waals surface area contributed by atoms with Gasteiger partial charge in [-0.1, -0.05) is 45.0 Å². The molecule has 3 fully saturated rings. The van der Waals surface area contributed by atoms with Crippen molar-refractivity contribution in [2.45, 2.75) is 129 Å². The number of likely N-dealkylation sites (tertiary alicyclic amines) is 1. The number of fused-ring (bicyclic) bond motifs is 1. The Morgan fingerprint density at radius 3 is 2.38 bits per heavy atom. The Labute approximate surface area is 416 Å². The number of benzene rings is 2. The van der Waals surface area contributed by atoms with Crippen molar-refractivity contribution >= 4 is 64.8 Å². The predicted molar refractivity (Wildman–Crippen MR) is 265 cm³/mol. The second kappa shape index (κ2) is 22.0. The average Bonchev–Trinajstić information content (AvgIpc) is 3.72. The molecule has 2 aromatic carbocycles. The Bertz CT molecular complexity index is 2650. The molecule has 0 radical (unpaired) electrons. The van der Waals surface area contributed by atoms with Gasteiger partial charge in [-0.15, -0.1) is 17.9 Å². The molecule has 382 valence electrons. The maximum Gasteiger partial charge on any atom is 0.417 e. The van der Waals surface area contributed by atoms with E-state index >= 15 is 0 Å². The Balaban J connectivity index is 1.21. The maximum absolute atomic E-state index is 14.8. The number of carboxylic acid groups (broad SMARTS) is 1. The minimum absolute atomic E-state index is 0.0458. The largest absolute Gasteiger partial charge is 0.488 e. The van der Waals surface area contributed by atoms with E-state index in [1.54, 1.807) is 82.3 Å². The molecule has 7 rings (SSSR count). The summed E-state index contributed by atoms with van der Waals surface area (Å²) in [6.45, 7) is 16.1. The lowest BCUT2D eigenvalue weighted by Crippen LogP contribution is -2.59. The van der Waals surface area contributed by atoms with E-state index in [0.717, 1.165) is 25.7 Å². The first-order valence-corrected chi connectivity index (χ1v) is 26.4. The van der Waals surface area contributed by atoms with E-state index in [1.165, 1.54) is 29.2 Å². The number of thiazole rings is 1. The highest BCUT2D eigenvalue weighted by Crippen LogP contribution is 2.50. The zero-order valence-corrected chi connectivity index (χ0v) is 42.7. The number of pyridine rings is 1. The molecule has 0 spiro atoms. The van der Waals surface area contributed by atoms with Gasteiger partial charge in [0.15, 0.2) is 11.2 Å². The molecule has 1 saturated heterocycles. The second-order valence-corrected chi connectivity index (χ2v) is 22.1. The maximum atomic E-state index is 14.8. The summed E-state index contributed by atoms with van der Waals surface area (Å²) in [5.74, 6) is -2.98. The number of carboxylic acids is 1. The summed E-state index contributed by atoms with van der Waals surface area (Å²) >= 11 is 1.38. The number of hydrogen-bond acceptors (Lipinski definition) is 16.